The Kier molecular flexibility index (Phi) is 2.07. The lowest BCUT2D eigenvalue weighted by atomic mass is 9.99. The van der Waals surface area contributed by atoms with Crippen LogP contribution in [0.25, 0.3) is 0 Å². The SMILES string of the molecule is Cc1ccc(C)c([C@@]2(F)C[C@@H]2C(=O)O)c1. The minimum Gasteiger partial charge on any atom is -0.481 e. The van der Waals surface area contributed by atoms with Crippen LogP contribution in [0.3, 0.4) is 0 Å². The first-order valence-electron chi connectivity index (χ1n) is 4.94. The molecule has 0 bridgehead atoms. The normalized spacial score (nSPS) is 28.9. The first-order chi connectivity index (χ1) is 6.95. The maximum Gasteiger partial charge on any atom is 0.310 e. The third-order valence-corrected chi connectivity index (χ3v) is 3.03. The molecule has 0 saturated heterocycles. The molecule has 0 heterocycles. The van der Waals surface area contributed by atoms with E-state index in [0.29, 0.717) is 5.56 Å². The molecule has 0 radical (unpaired) electrons. The van der Waals surface area contributed by atoms with Crippen molar-refractivity contribution in [3.05, 3.63) is 34.9 Å². The van der Waals surface area contributed by atoms with E-state index in [2.05, 4.69) is 0 Å². The number of carboxylic acid groups (broad SMARTS) is 1. The topological polar surface area (TPSA) is 37.3 Å². The molecule has 2 atom stereocenters. The number of hydrogen-bond donors (Lipinski definition) is 1. The van der Waals surface area contributed by atoms with Crippen LogP contribution in [0.2, 0.25) is 0 Å². The molecule has 1 N–H and O–H groups in total. The zero-order valence-corrected chi connectivity index (χ0v) is 8.75. The van der Waals surface area contributed by atoms with Gasteiger partial charge in [-0.25, -0.2) is 4.39 Å². The van der Waals surface area contributed by atoms with Gasteiger partial charge in [0.25, 0.3) is 0 Å². The van der Waals surface area contributed by atoms with E-state index in [1.165, 1.54) is 0 Å². The number of hydrogen-bond acceptors (Lipinski definition) is 1. The average molecular weight is 208 g/mol. The zero-order chi connectivity index (χ0) is 11.2. The smallest absolute Gasteiger partial charge is 0.310 e. The molecule has 1 saturated carbocycles. The maximum absolute atomic E-state index is 14.2. The third-order valence-electron chi connectivity index (χ3n) is 3.03. The first-order valence-corrected chi connectivity index (χ1v) is 4.94. The molecule has 1 aliphatic carbocycles. The van der Waals surface area contributed by atoms with Gasteiger partial charge in [-0.3, -0.25) is 4.79 Å². The van der Waals surface area contributed by atoms with Gasteiger partial charge >= 0.3 is 5.97 Å². The predicted molar refractivity (Wildman–Crippen MR) is 54.4 cm³/mol. The van der Waals surface area contributed by atoms with Gasteiger partial charge in [-0.05, 0) is 25.0 Å². The summed E-state index contributed by atoms with van der Waals surface area (Å²) >= 11 is 0. The van der Waals surface area contributed by atoms with Gasteiger partial charge in [-0.1, -0.05) is 23.8 Å². The van der Waals surface area contributed by atoms with Crippen LogP contribution >= 0.6 is 0 Å². The Labute approximate surface area is 87.7 Å². The van der Waals surface area contributed by atoms with Crippen LogP contribution in [0.5, 0.6) is 0 Å². The quantitative estimate of drug-likeness (QED) is 0.811. The van der Waals surface area contributed by atoms with Crippen molar-refractivity contribution >= 4 is 5.97 Å². The highest BCUT2D eigenvalue weighted by Crippen LogP contribution is 2.56. The number of rotatable bonds is 2. The summed E-state index contributed by atoms with van der Waals surface area (Å²) in [5.74, 6) is -1.91. The summed E-state index contributed by atoms with van der Waals surface area (Å²) in [6, 6.07) is 5.49. The number of carbonyl (C=O) groups is 1. The molecule has 2 rings (SSSR count). The Morgan fingerprint density at radius 2 is 2.20 bits per heavy atom. The highest BCUT2D eigenvalue weighted by atomic mass is 19.1. The van der Waals surface area contributed by atoms with Gasteiger partial charge in [-0.15, -0.1) is 0 Å². The summed E-state index contributed by atoms with van der Waals surface area (Å²) < 4.78 is 14.2. The second-order valence-electron chi connectivity index (χ2n) is 4.28. The molecule has 0 unspecified atom stereocenters. The first kappa shape index (κ1) is 10.1. The van der Waals surface area contributed by atoms with Gasteiger partial charge in [0.1, 0.15) is 0 Å². The van der Waals surface area contributed by atoms with Crippen molar-refractivity contribution in [2.24, 2.45) is 5.92 Å². The van der Waals surface area contributed by atoms with Gasteiger partial charge in [0.05, 0.1) is 5.92 Å². The largest absolute Gasteiger partial charge is 0.481 e. The number of alkyl halides is 1. The summed E-state index contributed by atoms with van der Waals surface area (Å²) in [6.07, 6.45) is 0.104. The van der Waals surface area contributed by atoms with Crippen molar-refractivity contribution in [2.45, 2.75) is 25.9 Å². The Bertz CT molecular complexity index is 428. The maximum atomic E-state index is 14.2. The van der Waals surface area contributed by atoms with Gasteiger partial charge in [0.2, 0.25) is 0 Å². The number of aliphatic carboxylic acids is 1. The number of aryl methyl sites for hydroxylation is 2. The van der Waals surface area contributed by atoms with Gasteiger partial charge in [0, 0.05) is 6.42 Å². The Morgan fingerprint density at radius 3 is 2.73 bits per heavy atom. The highest BCUT2D eigenvalue weighted by Gasteiger charge is 2.61. The molecule has 0 spiro atoms. The molecule has 1 fully saturated rings. The van der Waals surface area contributed by atoms with Crippen LogP contribution < -0.4 is 0 Å². The van der Waals surface area contributed by atoms with E-state index in [9.17, 15) is 9.18 Å². The Hall–Kier alpha value is -1.38. The summed E-state index contributed by atoms with van der Waals surface area (Å²) in [5, 5.41) is 8.77. The summed E-state index contributed by atoms with van der Waals surface area (Å²) in [7, 11) is 0. The molecule has 0 aliphatic heterocycles. The van der Waals surface area contributed by atoms with Gasteiger partial charge < -0.3 is 5.11 Å². The van der Waals surface area contributed by atoms with Crippen molar-refractivity contribution < 1.29 is 14.3 Å². The molecule has 0 aromatic heterocycles. The zero-order valence-electron chi connectivity index (χ0n) is 8.75. The fourth-order valence-corrected chi connectivity index (χ4v) is 2.00. The monoisotopic (exact) mass is 208 g/mol. The molecule has 2 nitrogen and oxygen atoms in total. The highest BCUT2D eigenvalue weighted by molar-refractivity contribution is 5.76. The molecule has 15 heavy (non-hydrogen) atoms. The Morgan fingerprint density at radius 1 is 1.53 bits per heavy atom. The van der Waals surface area contributed by atoms with Crippen molar-refractivity contribution in [1.82, 2.24) is 0 Å². The standard InChI is InChI=1S/C12H13FO2/c1-7-3-4-8(2)9(5-7)12(13)6-10(12)11(14)15/h3-5,10H,6H2,1-2H3,(H,14,15)/t10-,12+/m1/s1. The second kappa shape index (κ2) is 3.05. The van der Waals surface area contributed by atoms with Crippen LogP contribution in [0, 0.1) is 19.8 Å². The van der Waals surface area contributed by atoms with Gasteiger partial charge in [0.15, 0.2) is 5.67 Å². The second-order valence-corrected chi connectivity index (χ2v) is 4.28. The van der Waals surface area contributed by atoms with E-state index in [0.717, 1.165) is 11.1 Å². The van der Waals surface area contributed by atoms with Crippen molar-refractivity contribution in [1.29, 1.82) is 0 Å². The molecule has 80 valence electrons. The van der Waals surface area contributed by atoms with E-state index in [4.69, 9.17) is 5.11 Å². The van der Waals surface area contributed by atoms with E-state index in [1.807, 2.05) is 26.0 Å². The molecule has 3 heteroatoms. The summed E-state index contributed by atoms with van der Waals surface area (Å²) in [4.78, 5) is 10.7. The van der Waals surface area contributed by atoms with Crippen molar-refractivity contribution in [2.75, 3.05) is 0 Å². The van der Waals surface area contributed by atoms with E-state index < -0.39 is 17.6 Å². The third kappa shape index (κ3) is 1.52. The molecule has 1 aromatic rings. The van der Waals surface area contributed by atoms with Crippen LogP contribution in [0.1, 0.15) is 23.1 Å². The van der Waals surface area contributed by atoms with Crippen molar-refractivity contribution in [3.63, 3.8) is 0 Å². The lowest BCUT2D eigenvalue weighted by molar-refractivity contribution is -0.139. The predicted octanol–water partition coefficient (Wildman–Crippen LogP) is 2.57. The van der Waals surface area contributed by atoms with Crippen LogP contribution in [-0.4, -0.2) is 11.1 Å². The van der Waals surface area contributed by atoms with E-state index >= 15 is 0 Å². The number of carboxylic acids is 1. The molecule has 0 amide bonds. The van der Waals surface area contributed by atoms with E-state index in [-0.39, 0.29) is 6.42 Å². The molecular formula is C12H13FO2. The summed E-state index contributed by atoms with van der Waals surface area (Å²) in [5.41, 5.74) is 0.687. The fraction of sp³-hybridized carbons (Fsp3) is 0.417. The lowest BCUT2D eigenvalue weighted by Gasteiger charge is -2.11. The fourth-order valence-electron chi connectivity index (χ4n) is 2.00. The summed E-state index contributed by atoms with van der Waals surface area (Å²) in [6.45, 7) is 3.69. The number of benzene rings is 1. The number of halogens is 1. The molecular weight excluding hydrogens is 195 g/mol. The van der Waals surface area contributed by atoms with Gasteiger partial charge in [-0.2, -0.15) is 0 Å². The Balaban J connectivity index is 2.39. The van der Waals surface area contributed by atoms with E-state index in [1.54, 1.807) is 6.07 Å². The van der Waals surface area contributed by atoms with Crippen molar-refractivity contribution in [3.8, 4) is 0 Å². The lowest BCUT2D eigenvalue weighted by Crippen LogP contribution is -2.11. The molecule has 1 aromatic carbocycles. The van der Waals surface area contributed by atoms with Crippen LogP contribution in [0.4, 0.5) is 4.39 Å². The average Bonchev–Trinajstić information content (AvgIpc) is 2.84. The van der Waals surface area contributed by atoms with Crippen LogP contribution in [-0.2, 0) is 10.5 Å². The minimum absolute atomic E-state index is 0.104. The molecule has 1 aliphatic rings. The minimum atomic E-state index is -1.64. The van der Waals surface area contributed by atoms with Crippen LogP contribution in [0.15, 0.2) is 18.2 Å².